The van der Waals surface area contributed by atoms with Crippen molar-refractivity contribution in [1.82, 2.24) is 0 Å². The molecule has 0 fully saturated rings. The van der Waals surface area contributed by atoms with Gasteiger partial charge in [-0.05, 0) is 34.1 Å². The number of nitro benzene ring substituents is 1. The van der Waals surface area contributed by atoms with Crippen LogP contribution in [0.2, 0.25) is 0 Å². The highest BCUT2D eigenvalue weighted by atomic mass is 79.9. The Morgan fingerprint density at radius 1 is 1.35 bits per heavy atom. The minimum Gasteiger partial charge on any atom is -0.496 e. The van der Waals surface area contributed by atoms with Crippen molar-refractivity contribution in [3.8, 4) is 16.2 Å². The average molecular weight is 314 g/mol. The van der Waals surface area contributed by atoms with Gasteiger partial charge in [-0.25, -0.2) is 0 Å². The normalized spacial score (nSPS) is 10.2. The molecule has 4 nitrogen and oxygen atoms in total. The number of hydrogen-bond donors (Lipinski definition) is 0. The van der Waals surface area contributed by atoms with E-state index in [1.165, 1.54) is 19.2 Å². The van der Waals surface area contributed by atoms with Crippen molar-refractivity contribution < 1.29 is 9.66 Å². The van der Waals surface area contributed by atoms with Crippen molar-refractivity contribution in [2.45, 2.75) is 0 Å². The standard InChI is InChI=1S/C11H8BrNO3S/c1-16-9-6-7(13(14)15)2-3-8(9)10-4-5-11(12)17-10/h2-6H,1H3. The molecule has 0 aliphatic heterocycles. The Kier molecular flexibility index (Phi) is 3.44. The molecule has 0 unspecified atom stereocenters. The van der Waals surface area contributed by atoms with Crippen LogP contribution >= 0.6 is 27.3 Å². The molecule has 1 aromatic heterocycles. The Morgan fingerprint density at radius 3 is 2.65 bits per heavy atom. The van der Waals surface area contributed by atoms with Crippen LogP contribution in [0.4, 0.5) is 5.69 Å². The van der Waals surface area contributed by atoms with Gasteiger partial charge in [-0.1, -0.05) is 0 Å². The lowest BCUT2D eigenvalue weighted by Gasteiger charge is -2.05. The second kappa shape index (κ2) is 4.85. The number of non-ortho nitro benzene ring substituents is 1. The Morgan fingerprint density at radius 2 is 2.12 bits per heavy atom. The maximum atomic E-state index is 10.7. The highest BCUT2D eigenvalue weighted by Gasteiger charge is 2.13. The van der Waals surface area contributed by atoms with Crippen molar-refractivity contribution in [3.63, 3.8) is 0 Å². The molecule has 1 aromatic carbocycles. The first-order valence-corrected chi connectivity index (χ1v) is 6.31. The van der Waals surface area contributed by atoms with Crippen LogP contribution in [-0.2, 0) is 0 Å². The van der Waals surface area contributed by atoms with E-state index in [0.29, 0.717) is 5.75 Å². The molecule has 0 saturated heterocycles. The fraction of sp³-hybridized carbons (Fsp3) is 0.0909. The molecule has 0 saturated carbocycles. The van der Waals surface area contributed by atoms with E-state index in [1.807, 2.05) is 12.1 Å². The molecule has 88 valence electrons. The highest BCUT2D eigenvalue weighted by Crippen LogP contribution is 2.38. The van der Waals surface area contributed by atoms with Crippen molar-refractivity contribution in [2.75, 3.05) is 7.11 Å². The van der Waals surface area contributed by atoms with E-state index in [4.69, 9.17) is 4.74 Å². The molecule has 6 heteroatoms. The Balaban J connectivity index is 2.51. The third kappa shape index (κ3) is 2.48. The van der Waals surface area contributed by atoms with Gasteiger partial charge in [0.2, 0.25) is 0 Å². The van der Waals surface area contributed by atoms with Gasteiger partial charge in [0.15, 0.2) is 0 Å². The van der Waals surface area contributed by atoms with Gasteiger partial charge < -0.3 is 4.74 Å². The molecule has 0 N–H and O–H groups in total. The number of thiophene rings is 1. The molecular weight excluding hydrogens is 306 g/mol. The fourth-order valence-electron chi connectivity index (χ4n) is 1.46. The molecule has 0 aliphatic rings. The molecule has 0 spiro atoms. The van der Waals surface area contributed by atoms with E-state index in [0.717, 1.165) is 14.2 Å². The Bertz CT molecular complexity index is 568. The molecule has 0 aliphatic carbocycles. The first-order valence-electron chi connectivity index (χ1n) is 4.70. The van der Waals surface area contributed by atoms with E-state index in [-0.39, 0.29) is 5.69 Å². The third-order valence-corrected chi connectivity index (χ3v) is 3.89. The molecular formula is C11H8BrNO3S. The van der Waals surface area contributed by atoms with Crippen LogP contribution in [0.25, 0.3) is 10.4 Å². The lowest BCUT2D eigenvalue weighted by atomic mass is 10.1. The highest BCUT2D eigenvalue weighted by molar-refractivity contribution is 9.11. The number of halogens is 1. The van der Waals surface area contributed by atoms with Crippen molar-refractivity contribution in [3.05, 3.63) is 44.2 Å². The molecule has 0 bridgehead atoms. The van der Waals surface area contributed by atoms with Gasteiger partial charge in [0, 0.05) is 16.5 Å². The summed E-state index contributed by atoms with van der Waals surface area (Å²) in [5, 5.41) is 10.7. The fourth-order valence-corrected chi connectivity index (χ4v) is 2.87. The van der Waals surface area contributed by atoms with Gasteiger partial charge in [0.25, 0.3) is 5.69 Å². The maximum Gasteiger partial charge on any atom is 0.273 e. The monoisotopic (exact) mass is 313 g/mol. The molecule has 0 amide bonds. The van der Waals surface area contributed by atoms with Gasteiger partial charge in [-0.15, -0.1) is 11.3 Å². The SMILES string of the molecule is COc1cc([N+](=O)[O-])ccc1-c1ccc(Br)s1. The minimum atomic E-state index is -0.434. The second-order valence-corrected chi connectivity index (χ2v) is 5.71. The molecule has 0 radical (unpaired) electrons. The predicted molar refractivity (Wildman–Crippen MR) is 70.7 cm³/mol. The quantitative estimate of drug-likeness (QED) is 0.633. The van der Waals surface area contributed by atoms with E-state index in [9.17, 15) is 10.1 Å². The van der Waals surface area contributed by atoms with Crippen LogP contribution in [0.5, 0.6) is 5.75 Å². The lowest BCUT2D eigenvalue weighted by Crippen LogP contribution is -1.91. The van der Waals surface area contributed by atoms with Gasteiger partial charge in [0.1, 0.15) is 5.75 Å². The lowest BCUT2D eigenvalue weighted by molar-refractivity contribution is -0.384. The number of nitro groups is 1. The van der Waals surface area contributed by atoms with Crippen LogP contribution in [0.3, 0.4) is 0 Å². The molecule has 2 rings (SSSR count). The molecule has 17 heavy (non-hydrogen) atoms. The minimum absolute atomic E-state index is 0.0289. The zero-order valence-electron chi connectivity index (χ0n) is 8.84. The number of hydrogen-bond acceptors (Lipinski definition) is 4. The van der Waals surface area contributed by atoms with Crippen LogP contribution in [0.15, 0.2) is 34.1 Å². The summed E-state index contributed by atoms with van der Waals surface area (Å²) in [6.07, 6.45) is 0. The first kappa shape index (κ1) is 12.1. The summed E-state index contributed by atoms with van der Waals surface area (Å²) >= 11 is 4.93. The van der Waals surface area contributed by atoms with Crippen LogP contribution < -0.4 is 4.74 Å². The zero-order chi connectivity index (χ0) is 12.4. The summed E-state index contributed by atoms with van der Waals surface area (Å²) in [6.45, 7) is 0. The van der Waals surface area contributed by atoms with Gasteiger partial charge in [-0.2, -0.15) is 0 Å². The number of ether oxygens (including phenoxy) is 1. The molecule has 1 heterocycles. The van der Waals surface area contributed by atoms with Crippen molar-refractivity contribution in [1.29, 1.82) is 0 Å². The summed E-state index contributed by atoms with van der Waals surface area (Å²) in [6, 6.07) is 8.49. The topological polar surface area (TPSA) is 52.4 Å². The second-order valence-electron chi connectivity index (χ2n) is 3.25. The summed E-state index contributed by atoms with van der Waals surface area (Å²) in [7, 11) is 1.51. The van der Waals surface area contributed by atoms with E-state index >= 15 is 0 Å². The summed E-state index contributed by atoms with van der Waals surface area (Å²) < 4.78 is 6.19. The summed E-state index contributed by atoms with van der Waals surface area (Å²) in [4.78, 5) is 11.2. The largest absolute Gasteiger partial charge is 0.496 e. The third-order valence-electron chi connectivity index (χ3n) is 2.23. The van der Waals surface area contributed by atoms with Crippen molar-refractivity contribution >= 4 is 33.0 Å². The van der Waals surface area contributed by atoms with Gasteiger partial charge in [-0.3, -0.25) is 10.1 Å². The van der Waals surface area contributed by atoms with E-state index in [2.05, 4.69) is 15.9 Å². The van der Waals surface area contributed by atoms with Crippen LogP contribution in [0.1, 0.15) is 0 Å². The molecule has 0 atom stereocenters. The first-order chi connectivity index (χ1) is 8.11. The van der Waals surface area contributed by atoms with Gasteiger partial charge >= 0.3 is 0 Å². The Hall–Kier alpha value is -1.40. The van der Waals surface area contributed by atoms with Crippen LogP contribution in [-0.4, -0.2) is 12.0 Å². The number of methoxy groups -OCH3 is 1. The van der Waals surface area contributed by atoms with Crippen molar-refractivity contribution in [2.24, 2.45) is 0 Å². The zero-order valence-corrected chi connectivity index (χ0v) is 11.2. The van der Waals surface area contributed by atoms with Crippen LogP contribution in [0, 0.1) is 10.1 Å². The smallest absolute Gasteiger partial charge is 0.273 e. The summed E-state index contributed by atoms with van der Waals surface area (Å²) in [5.41, 5.74) is 0.884. The van der Waals surface area contributed by atoms with E-state index < -0.39 is 4.92 Å². The number of rotatable bonds is 3. The number of nitrogens with zero attached hydrogens (tertiary/aromatic N) is 1. The maximum absolute atomic E-state index is 10.7. The molecule has 2 aromatic rings. The van der Waals surface area contributed by atoms with E-state index in [1.54, 1.807) is 17.4 Å². The van der Waals surface area contributed by atoms with Gasteiger partial charge in [0.05, 0.1) is 21.9 Å². The average Bonchev–Trinajstić information content (AvgIpc) is 2.74. The number of benzene rings is 1. The summed E-state index contributed by atoms with van der Waals surface area (Å²) in [5.74, 6) is 0.508. The Labute approximate surface area is 110 Å². The predicted octanol–water partition coefficient (Wildman–Crippen LogP) is 4.09.